The SMILES string of the molecule is CCC(Cc1ccccc1)NC(C)c1ccc(F)c(F)c1. The van der Waals surface area contributed by atoms with Crippen LogP contribution < -0.4 is 5.32 Å². The van der Waals surface area contributed by atoms with Crippen molar-refractivity contribution in [1.82, 2.24) is 5.32 Å². The maximum absolute atomic E-state index is 13.3. The average molecular weight is 289 g/mol. The molecule has 0 saturated carbocycles. The van der Waals surface area contributed by atoms with Crippen molar-refractivity contribution in [2.75, 3.05) is 0 Å². The van der Waals surface area contributed by atoms with E-state index in [1.54, 1.807) is 6.07 Å². The van der Waals surface area contributed by atoms with Crippen molar-refractivity contribution >= 4 is 0 Å². The Morgan fingerprint density at radius 1 is 1.00 bits per heavy atom. The van der Waals surface area contributed by atoms with Gasteiger partial charge in [0.2, 0.25) is 0 Å². The quantitative estimate of drug-likeness (QED) is 0.817. The molecule has 112 valence electrons. The van der Waals surface area contributed by atoms with E-state index in [0.717, 1.165) is 18.4 Å². The van der Waals surface area contributed by atoms with E-state index >= 15 is 0 Å². The normalized spacial score (nSPS) is 13.9. The van der Waals surface area contributed by atoms with Crippen molar-refractivity contribution in [2.24, 2.45) is 0 Å². The number of hydrogen-bond donors (Lipinski definition) is 1. The molecule has 0 saturated heterocycles. The molecule has 2 unspecified atom stereocenters. The third-order valence-electron chi connectivity index (χ3n) is 3.75. The minimum Gasteiger partial charge on any atom is -0.307 e. The standard InChI is InChI=1S/C18H21F2N/c1-3-16(11-14-7-5-4-6-8-14)21-13(2)15-9-10-17(19)18(20)12-15/h4-10,12-13,16,21H,3,11H2,1-2H3. The van der Waals surface area contributed by atoms with Gasteiger partial charge in [0.25, 0.3) is 0 Å². The van der Waals surface area contributed by atoms with Gasteiger partial charge in [-0.05, 0) is 43.0 Å². The summed E-state index contributed by atoms with van der Waals surface area (Å²) in [6.07, 6.45) is 1.90. The van der Waals surface area contributed by atoms with E-state index < -0.39 is 11.6 Å². The van der Waals surface area contributed by atoms with Crippen LogP contribution in [0.3, 0.4) is 0 Å². The number of nitrogens with one attached hydrogen (secondary N) is 1. The minimum atomic E-state index is -0.803. The predicted octanol–water partition coefficient (Wildman–Crippen LogP) is 4.64. The summed E-state index contributed by atoms with van der Waals surface area (Å²) in [5.74, 6) is -1.60. The zero-order valence-electron chi connectivity index (χ0n) is 12.4. The van der Waals surface area contributed by atoms with Crippen LogP contribution in [0, 0.1) is 11.6 Å². The summed E-state index contributed by atoms with van der Waals surface area (Å²) in [4.78, 5) is 0. The molecule has 2 aromatic rings. The van der Waals surface area contributed by atoms with E-state index in [2.05, 4.69) is 24.4 Å². The topological polar surface area (TPSA) is 12.0 Å². The van der Waals surface area contributed by atoms with E-state index in [0.29, 0.717) is 6.04 Å². The fraction of sp³-hybridized carbons (Fsp3) is 0.333. The lowest BCUT2D eigenvalue weighted by atomic mass is 10.0. The van der Waals surface area contributed by atoms with Crippen LogP contribution in [0.1, 0.15) is 37.4 Å². The van der Waals surface area contributed by atoms with Gasteiger partial charge in [-0.25, -0.2) is 8.78 Å². The summed E-state index contributed by atoms with van der Waals surface area (Å²) >= 11 is 0. The molecular weight excluding hydrogens is 268 g/mol. The molecule has 0 spiro atoms. The first-order chi connectivity index (χ1) is 10.1. The van der Waals surface area contributed by atoms with Gasteiger partial charge in [-0.3, -0.25) is 0 Å². The van der Waals surface area contributed by atoms with Crippen LogP contribution in [-0.4, -0.2) is 6.04 Å². The molecule has 0 heterocycles. The molecule has 0 bridgehead atoms. The first kappa shape index (κ1) is 15.6. The van der Waals surface area contributed by atoms with E-state index in [-0.39, 0.29) is 6.04 Å². The van der Waals surface area contributed by atoms with Crippen molar-refractivity contribution < 1.29 is 8.78 Å². The fourth-order valence-corrected chi connectivity index (χ4v) is 2.45. The molecule has 0 aliphatic carbocycles. The Balaban J connectivity index is 2.02. The van der Waals surface area contributed by atoms with Crippen LogP contribution >= 0.6 is 0 Å². The van der Waals surface area contributed by atoms with Gasteiger partial charge in [0, 0.05) is 12.1 Å². The van der Waals surface area contributed by atoms with Gasteiger partial charge >= 0.3 is 0 Å². The number of benzene rings is 2. The van der Waals surface area contributed by atoms with Gasteiger partial charge in [-0.15, -0.1) is 0 Å². The molecule has 0 aliphatic rings. The third kappa shape index (κ3) is 4.36. The lowest BCUT2D eigenvalue weighted by molar-refractivity contribution is 0.436. The summed E-state index contributed by atoms with van der Waals surface area (Å²) in [6.45, 7) is 4.10. The van der Waals surface area contributed by atoms with E-state index in [1.807, 2.05) is 25.1 Å². The van der Waals surface area contributed by atoms with E-state index in [9.17, 15) is 8.78 Å². The highest BCUT2D eigenvalue weighted by atomic mass is 19.2. The van der Waals surface area contributed by atoms with Gasteiger partial charge in [-0.2, -0.15) is 0 Å². The van der Waals surface area contributed by atoms with E-state index in [4.69, 9.17) is 0 Å². The summed E-state index contributed by atoms with van der Waals surface area (Å²) in [6, 6.07) is 14.6. The Morgan fingerprint density at radius 2 is 1.71 bits per heavy atom. The van der Waals surface area contributed by atoms with Crippen LogP contribution in [0.5, 0.6) is 0 Å². The number of halogens is 2. The highest BCUT2D eigenvalue weighted by Crippen LogP contribution is 2.18. The first-order valence-electron chi connectivity index (χ1n) is 7.35. The van der Waals surface area contributed by atoms with Gasteiger partial charge in [0.15, 0.2) is 11.6 Å². The first-order valence-corrected chi connectivity index (χ1v) is 7.35. The smallest absolute Gasteiger partial charge is 0.159 e. The van der Waals surface area contributed by atoms with Crippen molar-refractivity contribution in [3.05, 3.63) is 71.3 Å². The molecule has 2 atom stereocenters. The molecule has 2 rings (SSSR count). The molecule has 3 heteroatoms. The van der Waals surface area contributed by atoms with Crippen LogP contribution in [0.2, 0.25) is 0 Å². The second-order valence-corrected chi connectivity index (χ2v) is 5.36. The van der Waals surface area contributed by atoms with Gasteiger partial charge < -0.3 is 5.32 Å². The van der Waals surface area contributed by atoms with Crippen LogP contribution in [0.4, 0.5) is 8.78 Å². The second-order valence-electron chi connectivity index (χ2n) is 5.36. The van der Waals surface area contributed by atoms with Crippen molar-refractivity contribution in [3.8, 4) is 0 Å². The lowest BCUT2D eigenvalue weighted by Crippen LogP contribution is -2.32. The summed E-state index contributed by atoms with van der Waals surface area (Å²) < 4.78 is 26.3. The predicted molar refractivity (Wildman–Crippen MR) is 82.1 cm³/mol. The Morgan fingerprint density at radius 3 is 2.33 bits per heavy atom. The average Bonchev–Trinajstić information content (AvgIpc) is 2.50. The minimum absolute atomic E-state index is 0.0197. The lowest BCUT2D eigenvalue weighted by Gasteiger charge is -2.23. The van der Waals surface area contributed by atoms with Crippen LogP contribution in [0.25, 0.3) is 0 Å². The largest absolute Gasteiger partial charge is 0.307 e. The van der Waals surface area contributed by atoms with Crippen LogP contribution in [-0.2, 0) is 6.42 Å². The Hall–Kier alpha value is -1.74. The maximum atomic E-state index is 13.3. The van der Waals surface area contributed by atoms with Crippen molar-refractivity contribution in [3.63, 3.8) is 0 Å². The molecule has 0 aliphatic heterocycles. The molecular formula is C18H21F2N. The van der Waals surface area contributed by atoms with Crippen molar-refractivity contribution in [1.29, 1.82) is 0 Å². The Kier molecular flexibility index (Phi) is 5.45. The molecule has 2 aromatic carbocycles. The molecule has 0 fully saturated rings. The monoisotopic (exact) mass is 289 g/mol. The highest BCUT2D eigenvalue weighted by molar-refractivity contribution is 5.21. The van der Waals surface area contributed by atoms with E-state index in [1.165, 1.54) is 17.7 Å². The van der Waals surface area contributed by atoms with Gasteiger partial charge in [-0.1, -0.05) is 43.3 Å². The number of rotatable bonds is 6. The molecule has 0 radical (unpaired) electrons. The zero-order chi connectivity index (χ0) is 15.2. The van der Waals surface area contributed by atoms with Crippen LogP contribution in [0.15, 0.2) is 48.5 Å². The molecule has 0 aromatic heterocycles. The zero-order valence-corrected chi connectivity index (χ0v) is 12.4. The summed E-state index contributed by atoms with van der Waals surface area (Å²) in [7, 11) is 0. The molecule has 1 N–H and O–H groups in total. The van der Waals surface area contributed by atoms with Gasteiger partial charge in [0.05, 0.1) is 0 Å². The summed E-state index contributed by atoms with van der Waals surface area (Å²) in [5, 5.41) is 3.49. The molecule has 1 nitrogen and oxygen atoms in total. The molecule has 21 heavy (non-hydrogen) atoms. The Labute approximate surface area is 125 Å². The highest BCUT2D eigenvalue weighted by Gasteiger charge is 2.14. The number of hydrogen-bond acceptors (Lipinski definition) is 1. The Bertz CT molecular complexity index is 569. The van der Waals surface area contributed by atoms with Gasteiger partial charge in [0.1, 0.15) is 0 Å². The molecule has 0 amide bonds. The maximum Gasteiger partial charge on any atom is 0.159 e. The second kappa shape index (κ2) is 7.32. The third-order valence-corrected chi connectivity index (χ3v) is 3.75. The fourth-order valence-electron chi connectivity index (χ4n) is 2.45. The summed E-state index contributed by atoms with van der Waals surface area (Å²) in [5.41, 5.74) is 2.04. The van der Waals surface area contributed by atoms with Crippen molar-refractivity contribution in [2.45, 2.75) is 38.8 Å².